The maximum Gasteiger partial charge on any atom is 0.179 e. The molecule has 0 aromatic carbocycles. The van der Waals surface area contributed by atoms with Crippen LogP contribution < -0.4 is 0 Å². The zero-order chi connectivity index (χ0) is 6.85. The Hall–Kier alpha value is -0.860. The molecule has 0 radical (unpaired) electrons. The molecule has 50 valence electrons. The Kier molecular flexibility index (Phi) is 1.51. The Bertz CT molecular complexity index is 205. The lowest BCUT2D eigenvalue weighted by Crippen LogP contribution is -1.83. The summed E-state index contributed by atoms with van der Waals surface area (Å²) in [4.78, 5) is 2.47. The molecule has 0 atom stereocenters. The highest BCUT2D eigenvalue weighted by molar-refractivity contribution is 5.09. The second-order valence-corrected chi connectivity index (χ2v) is 1.78. The van der Waals surface area contributed by atoms with Crippen molar-refractivity contribution in [2.75, 3.05) is 0 Å². The van der Waals surface area contributed by atoms with E-state index in [2.05, 4.69) is 4.98 Å². The van der Waals surface area contributed by atoms with E-state index in [1.807, 2.05) is 0 Å². The van der Waals surface area contributed by atoms with Crippen molar-refractivity contribution < 1.29 is 8.78 Å². The van der Waals surface area contributed by atoms with E-state index < -0.39 is 11.6 Å². The molecule has 0 aliphatic heterocycles. The Labute approximate surface area is 51.7 Å². The van der Waals surface area contributed by atoms with Gasteiger partial charge in [0, 0.05) is 6.20 Å². The van der Waals surface area contributed by atoms with E-state index in [1.54, 1.807) is 6.92 Å². The van der Waals surface area contributed by atoms with Crippen LogP contribution in [0.5, 0.6) is 0 Å². The monoisotopic (exact) mass is 131 g/mol. The van der Waals surface area contributed by atoms with Gasteiger partial charge in [0.25, 0.3) is 0 Å². The third-order valence-corrected chi connectivity index (χ3v) is 1.20. The summed E-state index contributed by atoms with van der Waals surface area (Å²) >= 11 is 0. The van der Waals surface area contributed by atoms with Crippen LogP contribution in [0.15, 0.2) is 6.20 Å². The topological polar surface area (TPSA) is 15.8 Å². The van der Waals surface area contributed by atoms with Crippen LogP contribution in [0, 0.1) is 11.6 Å². The van der Waals surface area contributed by atoms with Gasteiger partial charge in [0.2, 0.25) is 0 Å². The molecular formula is C6H7F2N. The van der Waals surface area contributed by atoms with Crippen LogP contribution in [0.1, 0.15) is 12.6 Å². The van der Waals surface area contributed by atoms with Crippen LogP contribution in [0.3, 0.4) is 0 Å². The predicted molar refractivity (Wildman–Crippen MR) is 30.1 cm³/mol. The molecule has 0 saturated heterocycles. The van der Waals surface area contributed by atoms with Gasteiger partial charge in [-0.2, -0.15) is 0 Å². The quantitative estimate of drug-likeness (QED) is 0.598. The lowest BCUT2D eigenvalue weighted by atomic mass is 10.3. The maximum absolute atomic E-state index is 12.4. The molecule has 1 heterocycles. The van der Waals surface area contributed by atoms with Gasteiger partial charge in [-0.05, 0) is 6.42 Å². The average molecular weight is 131 g/mol. The van der Waals surface area contributed by atoms with Crippen LogP contribution >= 0.6 is 0 Å². The summed E-state index contributed by atoms with van der Waals surface area (Å²) < 4.78 is 24.5. The number of aromatic amines is 1. The van der Waals surface area contributed by atoms with Crippen molar-refractivity contribution >= 4 is 0 Å². The highest BCUT2D eigenvalue weighted by Gasteiger charge is 2.06. The van der Waals surface area contributed by atoms with E-state index in [0.29, 0.717) is 12.1 Å². The lowest BCUT2D eigenvalue weighted by Gasteiger charge is -1.86. The van der Waals surface area contributed by atoms with E-state index in [1.165, 1.54) is 0 Å². The average Bonchev–Trinajstić information content (AvgIpc) is 2.15. The molecule has 1 N–H and O–H groups in total. The Balaban J connectivity index is 3.04. The Morgan fingerprint density at radius 1 is 1.56 bits per heavy atom. The second-order valence-electron chi connectivity index (χ2n) is 1.78. The first kappa shape index (κ1) is 6.26. The highest BCUT2D eigenvalue weighted by Crippen LogP contribution is 2.09. The Morgan fingerprint density at radius 2 is 2.22 bits per heavy atom. The number of hydrogen-bond donors (Lipinski definition) is 1. The number of halogens is 2. The van der Waals surface area contributed by atoms with Crippen molar-refractivity contribution in [3.05, 3.63) is 23.5 Å². The SMILES string of the molecule is CCc1[nH]cc(F)c1F. The summed E-state index contributed by atoms with van der Waals surface area (Å²) in [5, 5.41) is 0. The van der Waals surface area contributed by atoms with Crippen LogP contribution in [-0.4, -0.2) is 4.98 Å². The van der Waals surface area contributed by atoms with Gasteiger partial charge < -0.3 is 4.98 Å². The molecule has 0 bridgehead atoms. The minimum atomic E-state index is -0.799. The van der Waals surface area contributed by atoms with Gasteiger partial charge in [0.05, 0.1) is 5.69 Å². The molecule has 0 amide bonds. The molecule has 1 aromatic rings. The molecule has 1 rings (SSSR count). The number of H-pyrrole nitrogens is 1. The van der Waals surface area contributed by atoms with Crippen molar-refractivity contribution in [3.8, 4) is 0 Å². The predicted octanol–water partition coefficient (Wildman–Crippen LogP) is 1.86. The van der Waals surface area contributed by atoms with Gasteiger partial charge in [-0.1, -0.05) is 6.92 Å². The van der Waals surface area contributed by atoms with Crippen LogP contribution in [-0.2, 0) is 6.42 Å². The molecule has 0 spiro atoms. The largest absolute Gasteiger partial charge is 0.360 e. The van der Waals surface area contributed by atoms with Crippen LogP contribution in [0.25, 0.3) is 0 Å². The summed E-state index contributed by atoms with van der Waals surface area (Å²) in [6, 6.07) is 0. The number of aryl methyl sites for hydroxylation is 1. The molecule has 0 fully saturated rings. The zero-order valence-corrected chi connectivity index (χ0v) is 5.04. The van der Waals surface area contributed by atoms with Crippen molar-refractivity contribution in [2.45, 2.75) is 13.3 Å². The number of rotatable bonds is 1. The number of hydrogen-bond acceptors (Lipinski definition) is 0. The normalized spacial score (nSPS) is 10.1. The molecule has 0 aliphatic carbocycles. The summed E-state index contributed by atoms with van der Waals surface area (Å²) in [6.45, 7) is 1.76. The van der Waals surface area contributed by atoms with E-state index in [4.69, 9.17) is 0 Å². The first-order chi connectivity index (χ1) is 4.25. The van der Waals surface area contributed by atoms with Gasteiger partial charge in [-0.3, -0.25) is 0 Å². The minimum Gasteiger partial charge on any atom is -0.360 e. The molecule has 0 aliphatic rings. The second kappa shape index (κ2) is 2.17. The van der Waals surface area contributed by atoms with E-state index in [-0.39, 0.29) is 0 Å². The number of aromatic nitrogens is 1. The van der Waals surface area contributed by atoms with Crippen LogP contribution in [0.4, 0.5) is 8.78 Å². The fourth-order valence-corrected chi connectivity index (χ4v) is 0.679. The standard InChI is InChI=1S/C6H7F2N/c1-2-5-6(8)4(7)3-9-5/h3,9H,2H2,1H3. The fourth-order valence-electron chi connectivity index (χ4n) is 0.679. The lowest BCUT2D eigenvalue weighted by molar-refractivity contribution is 0.509. The smallest absolute Gasteiger partial charge is 0.179 e. The van der Waals surface area contributed by atoms with Crippen molar-refractivity contribution in [3.63, 3.8) is 0 Å². The van der Waals surface area contributed by atoms with Gasteiger partial charge >= 0.3 is 0 Å². The maximum atomic E-state index is 12.4. The molecular weight excluding hydrogens is 124 g/mol. The molecule has 1 aromatic heterocycles. The first-order valence-corrected chi connectivity index (χ1v) is 2.77. The third kappa shape index (κ3) is 0.943. The van der Waals surface area contributed by atoms with Gasteiger partial charge in [-0.25, -0.2) is 8.78 Å². The molecule has 1 nitrogen and oxygen atoms in total. The molecule has 0 saturated carbocycles. The first-order valence-electron chi connectivity index (χ1n) is 2.77. The van der Waals surface area contributed by atoms with Gasteiger partial charge in [0.1, 0.15) is 0 Å². The zero-order valence-electron chi connectivity index (χ0n) is 5.04. The van der Waals surface area contributed by atoms with Crippen molar-refractivity contribution in [1.29, 1.82) is 0 Å². The van der Waals surface area contributed by atoms with E-state index in [9.17, 15) is 8.78 Å². The van der Waals surface area contributed by atoms with E-state index >= 15 is 0 Å². The summed E-state index contributed by atoms with van der Waals surface area (Å²) in [7, 11) is 0. The summed E-state index contributed by atoms with van der Waals surface area (Å²) in [5.41, 5.74) is 0.326. The molecule has 3 heteroatoms. The van der Waals surface area contributed by atoms with Gasteiger partial charge in [-0.15, -0.1) is 0 Å². The molecule has 0 unspecified atom stereocenters. The Morgan fingerprint density at radius 3 is 2.44 bits per heavy atom. The van der Waals surface area contributed by atoms with Crippen LogP contribution in [0.2, 0.25) is 0 Å². The van der Waals surface area contributed by atoms with Crippen molar-refractivity contribution in [2.24, 2.45) is 0 Å². The fraction of sp³-hybridized carbons (Fsp3) is 0.333. The minimum absolute atomic E-state index is 0.326. The molecule has 9 heavy (non-hydrogen) atoms. The highest BCUT2D eigenvalue weighted by atomic mass is 19.2. The third-order valence-electron chi connectivity index (χ3n) is 1.20. The van der Waals surface area contributed by atoms with Crippen molar-refractivity contribution in [1.82, 2.24) is 4.98 Å². The number of nitrogens with one attached hydrogen (secondary N) is 1. The van der Waals surface area contributed by atoms with E-state index in [0.717, 1.165) is 6.20 Å². The van der Waals surface area contributed by atoms with Gasteiger partial charge in [0.15, 0.2) is 11.6 Å². The summed E-state index contributed by atoms with van der Waals surface area (Å²) in [5.74, 6) is -1.55. The summed E-state index contributed by atoms with van der Waals surface area (Å²) in [6.07, 6.45) is 1.52.